The molecular formula is C5H10BBrN. The Labute approximate surface area is 59.7 Å². The summed E-state index contributed by atoms with van der Waals surface area (Å²) < 4.78 is 0. The van der Waals surface area contributed by atoms with Crippen LogP contribution >= 0.6 is 15.8 Å². The van der Waals surface area contributed by atoms with E-state index >= 15 is 0 Å². The highest BCUT2D eigenvalue weighted by atomic mass is 79.9. The zero-order chi connectivity index (χ0) is 5.82. The highest BCUT2D eigenvalue weighted by Gasteiger charge is 2.07. The minimum Gasteiger partial charge on any atom is -0.336 e. The first-order valence-electron chi connectivity index (χ1n) is 3.11. The van der Waals surface area contributed by atoms with Gasteiger partial charge in [-0.1, -0.05) is 6.42 Å². The van der Waals surface area contributed by atoms with Crippen LogP contribution in [-0.4, -0.2) is 24.1 Å². The lowest BCUT2D eigenvalue weighted by Crippen LogP contribution is -2.30. The van der Waals surface area contributed by atoms with E-state index in [2.05, 4.69) is 20.6 Å². The van der Waals surface area contributed by atoms with Crippen molar-refractivity contribution in [3.8, 4) is 0 Å². The molecule has 0 aromatic carbocycles. The summed E-state index contributed by atoms with van der Waals surface area (Å²) in [6.07, 6.45) is 6.15. The molecule has 1 aliphatic rings. The van der Waals surface area contributed by atoms with E-state index in [0.717, 1.165) is 0 Å². The Morgan fingerprint density at radius 1 is 1.12 bits per heavy atom. The van der Waals surface area contributed by atoms with E-state index in [-0.39, 0.29) is 0 Å². The van der Waals surface area contributed by atoms with Gasteiger partial charge in [-0.05, 0) is 25.9 Å². The standard InChI is InChI=1S/C5H10BBrN/c7-6-8-4-2-1-3-5-8/h1-5H2. The fraction of sp³-hybridized carbons (Fsp3) is 1.00. The van der Waals surface area contributed by atoms with Crippen molar-refractivity contribution in [2.45, 2.75) is 19.3 Å². The number of hydrogen-bond donors (Lipinski definition) is 0. The second-order valence-corrected chi connectivity index (χ2v) is 2.60. The van der Waals surface area contributed by atoms with Crippen molar-refractivity contribution in [2.24, 2.45) is 0 Å². The van der Waals surface area contributed by atoms with Crippen molar-refractivity contribution >= 4 is 22.0 Å². The molecule has 1 radical (unpaired) electrons. The van der Waals surface area contributed by atoms with Gasteiger partial charge in [0.05, 0.1) is 0 Å². The van der Waals surface area contributed by atoms with Crippen LogP contribution < -0.4 is 0 Å². The van der Waals surface area contributed by atoms with Gasteiger partial charge in [0.1, 0.15) is 0 Å². The Morgan fingerprint density at radius 3 is 2.12 bits per heavy atom. The lowest BCUT2D eigenvalue weighted by molar-refractivity contribution is 0.366. The normalized spacial score (nSPS) is 23.1. The van der Waals surface area contributed by atoms with Gasteiger partial charge in [-0.3, -0.25) is 0 Å². The average molecular weight is 175 g/mol. The topological polar surface area (TPSA) is 3.24 Å². The van der Waals surface area contributed by atoms with Crippen molar-refractivity contribution in [1.82, 2.24) is 4.81 Å². The van der Waals surface area contributed by atoms with E-state index in [4.69, 9.17) is 0 Å². The second-order valence-electron chi connectivity index (χ2n) is 2.19. The predicted octanol–water partition coefficient (Wildman–Crippen LogP) is 1.40. The van der Waals surface area contributed by atoms with Crippen molar-refractivity contribution in [3.63, 3.8) is 0 Å². The van der Waals surface area contributed by atoms with Crippen LogP contribution in [0.1, 0.15) is 19.3 Å². The molecule has 1 aliphatic heterocycles. The lowest BCUT2D eigenvalue weighted by Gasteiger charge is -2.23. The first-order valence-corrected chi connectivity index (χ1v) is 4.02. The maximum atomic E-state index is 3.31. The van der Waals surface area contributed by atoms with Crippen LogP contribution in [0.4, 0.5) is 0 Å². The van der Waals surface area contributed by atoms with Crippen LogP contribution in [0.2, 0.25) is 0 Å². The molecular weight excluding hydrogens is 165 g/mol. The molecule has 0 N–H and O–H groups in total. The summed E-state index contributed by atoms with van der Waals surface area (Å²) in [7, 11) is 0. The quantitative estimate of drug-likeness (QED) is 0.544. The van der Waals surface area contributed by atoms with Crippen molar-refractivity contribution in [1.29, 1.82) is 0 Å². The Balaban J connectivity index is 2.13. The van der Waals surface area contributed by atoms with Gasteiger partial charge in [0.15, 0.2) is 0 Å². The number of nitrogens with zero attached hydrogens (tertiary/aromatic N) is 1. The van der Waals surface area contributed by atoms with Crippen molar-refractivity contribution in [3.05, 3.63) is 0 Å². The van der Waals surface area contributed by atoms with Crippen LogP contribution in [-0.2, 0) is 0 Å². The molecule has 8 heavy (non-hydrogen) atoms. The largest absolute Gasteiger partial charge is 0.336 e. The highest BCUT2D eigenvalue weighted by Crippen LogP contribution is 2.07. The van der Waals surface area contributed by atoms with Crippen LogP contribution in [0.5, 0.6) is 0 Å². The molecule has 0 spiro atoms. The number of halogens is 1. The Hall–Kier alpha value is 0.505. The lowest BCUT2D eigenvalue weighted by atomic mass is 10.1. The van der Waals surface area contributed by atoms with E-state index in [1.807, 2.05) is 6.24 Å². The van der Waals surface area contributed by atoms with Gasteiger partial charge in [0.25, 0.3) is 0 Å². The SMILES string of the molecule is Br[B]N1CCCCC1. The Morgan fingerprint density at radius 2 is 1.75 bits per heavy atom. The van der Waals surface area contributed by atoms with Gasteiger partial charge in [0, 0.05) is 0 Å². The van der Waals surface area contributed by atoms with Crippen LogP contribution in [0, 0.1) is 0 Å². The van der Waals surface area contributed by atoms with Gasteiger partial charge in [-0.15, -0.1) is 15.8 Å². The number of hydrogen-bond acceptors (Lipinski definition) is 1. The summed E-state index contributed by atoms with van der Waals surface area (Å²) in [5.74, 6) is 0. The van der Waals surface area contributed by atoms with Gasteiger partial charge >= 0.3 is 6.24 Å². The molecule has 3 heteroatoms. The third-order valence-corrected chi connectivity index (χ3v) is 2.11. The van der Waals surface area contributed by atoms with E-state index < -0.39 is 0 Å². The van der Waals surface area contributed by atoms with Crippen LogP contribution in [0.25, 0.3) is 0 Å². The molecule has 0 saturated carbocycles. The summed E-state index contributed by atoms with van der Waals surface area (Å²) in [5.41, 5.74) is 0. The molecule has 0 aromatic heterocycles. The molecule has 1 fully saturated rings. The summed E-state index contributed by atoms with van der Waals surface area (Å²) >= 11 is 3.31. The predicted molar refractivity (Wildman–Crippen MR) is 40.1 cm³/mol. The number of piperidine rings is 1. The molecule has 0 bridgehead atoms. The molecule has 45 valence electrons. The van der Waals surface area contributed by atoms with Crippen molar-refractivity contribution in [2.75, 3.05) is 13.1 Å². The molecule has 0 amide bonds. The average Bonchev–Trinajstić information content (AvgIpc) is 1.90. The second kappa shape index (κ2) is 3.52. The maximum absolute atomic E-state index is 3.31. The highest BCUT2D eigenvalue weighted by molar-refractivity contribution is 9.23. The Bertz CT molecular complexity index is 63.4. The molecule has 1 heterocycles. The summed E-state index contributed by atoms with van der Waals surface area (Å²) in [6, 6.07) is 0. The first kappa shape index (κ1) is 6.62. The van der Waals surface area contributed by atoms with Gasteiger partial charge < -0.3 is 4.81 Å². The van der Waals surface area contributed by atoms with E-state index in [9.17, 15) is 0 Å². The molecule has 0 unspecified atom stereocenters. The molecule has 1 nitrogen and oxygen atoms in total. The zero-order valence-corrected chi connectivity index (χ0v) is 6.52. The molecule has 1 rings (SSSR count). The van der Waals surface area contributed by atoms with Gasteiger partial charge in [0.2, 0.25) is 0 Å². The van der Waals surface area contributed by atoms with Gasteiger partial charge in [-0.2, -0.15) is 0 Å². The van der Waals surface area contributed by atoms with E-state index in [1.54, 1.807) is 0 Å². The number of rotatable bonds is 1. The fourth-order valence-corrected chi connectivity index (χ4v) is 1.43. The van der Waals surface area contributed by atoms with Crippen LogP contribution in [0.3, 0.4) is 0 Å². The Kier molecular flexibility index (Phi) is 2.91. The first-order chi connectivity index (χ1) is 3.93. The monoisotopic (exact) mass is 174 g/mol. The summed E-state index contributed by atoms with van der Waals surface area (Å²) in [6.45, 7) is 2.48. The van der Waals surface area contributed by atoms with Gasteiger partial charge in [-0.25, -0.2) is 0 Å². The summed E-state index contributed by atoms with van der Waals surface area (Å²) in [4.78, 5) is 2.31. The van der Waals surface area contributed by atoms with Crippen molar-refractivity contribution < 1.29 is 0 Å². The third-order valence-electron chi connectivity index (χ3n) is 1.53. The maximum Gasteiger partial charge on any atom is 0.301 e. The fourth-order valence-electron chi connectivity index (χ4n) is 1.02. The van der Waals surface area contributed by atoms with E-state index in [0.29, 0.717) is 0 Å². The third kappa shape index (κ3) is 1.79. The molecule has 1 saturated heterocycles. The molecule has 0 aromatic rings. The minimum atomic E-state index is 1.24. The zero-order valence-electron chi connectivity index (χ0n) is 4.94. The smallest absolute Gasteiger partial charge is 0.301 e. The summed E-state index contributed by atoms with van der Waals surface area (Å²) in [5, 5.41) is 0. The minimum absolute atomic E-state index is 1.24. The molecule has 0 atom stereocenters. The van der Waals surface area contributed by atoms with E-state index in [1.165, 1.54) is 32.4 Å². The molecule has 0 aliphatic carbocycles. The van der Waals surface area contributed by atoms with Crippen LogP contribution in [0.15, 0.2) is 0 Å².